The molecular formula is C19H15Cl2N3O3. The molecule has 0 fully saturated rings. The summed E-state index contributed by atoms with van der Waals surface area (Å²) >= 11 is 12.2. The first-order valence-electron chi connectivity index (χ1n) is 7.96. The van der Waals surface area contributed by atoms with Crippen molar-refractivity contribution in [2.45, 2.75) is 13.5 Å². The number of benzene rings is 2. The number of non-ortho nitro benzene ring substituents is 1. The van der Waals surface area contributed by atoms with Gasteiger partial charge in [-0.25, -0.2) is 0 Å². The highest BCUT2D eigenvalue weighted by Gasteiger charge is 2.18. The van der Waals surface area contributed by atoms with Crippen molar-refractivity contribution in [2.75, 3.05) is 0 Å². The Balaban J connectivity index is 2.11. The Kier molecular flexibility index (Phi) is 5.21. The van der Waals surface area contributed by atoms with Crippen LogP contribution in [-0.2, 0) is 6.54 Å². The number of hydrogen-bond donors (Lipinski definition) is 1. The molecule has 0 bridgehead atoms. The number of carbonyl (C=O) groups excluding carboxylic acids is 1. The lowest BCUT2D eigenvalue weighted by atomic mass is 10.1. The smallest absolute Gasteiger partial charge is 0.269 e. The Hall–Kier alpha value is -2.83. The minimum absolute atomic E-state index is 0.00977. The Bertz CT molecular complexity index is 1040. The summed E-state index contributed by atoms with van der Waals surface area (Å²) in [6.07, 6.45) is 0. The SMILES string of the molecule is Cc1c(C(N)=O)cc(-c2ccc([N+](=O)[O-])cc2)n1Cc1ccc(Cl)cc1Cl. The molecule has 0 aliphatic heterocycles. The molecule has 0 unspecified atom stereocenters. The van der Waals surface area contributed by atoms with Crippen LogP contribution in [0.25, 0.3) is 11.3 Å². The topological polar surface area (TPSA) is 91.2 Å². The second-order valence-electron chi connectivity index (χ2n) is 6.02. The van der Waals surface area contributed by atoms with Crippen LogP contribution in [0.15, 0.2) is 48.5 Å². The van der Waals surface area contributed by atoms with Gasteiger partial charge in [-0.15, -0.1) is 0 Å². The summed E-state index contributed by atoms with van der Waals surface area (Å²) in [7, 11) is 0. The number of hydrogen-bond acceptors (Lipinski definition) is 3. The average Bonchev–Trinajstić information content (AvgIpc) is 2.94. The van der Waals surface area contributed by atoms with Gasteiger partial charge >= 0.3 is 0 Å². The Morgan fingerprint density at radius 1 is 1.15 bits per heavy atom. The van der Waals surface area contributed by atoms with Crippen LogP contribution in [0.3, 0.4) is 0 Å². The molecule has 3 rings (SSSR count). The molecule has 6 nitrogen and oxygen atoms in total. The molecule has 2 aromatic carbocycles. The van der Waals surface area contributed by atoms with E-state index in [1.165, 1.54) is 12.1 Å². The highest BCUT2D eigenvalue weighted by atomic mass is 35.5. The summed E-state index contributed by atoms with van der Waals surface area (Å²) < 4.78 is 1.90. The molecule has 3 aromatic rings. The van der Waals surface area contributed by atoms with Gasteiger partial charge < -0.3 is 10.3 Å². The van der Waals surface area contributed by atoms with Crippen molar-refractivity contribution in [2.24, 2.45) is 5.73 Å². The van der Waals surface area contributed by atoms with E-state index in [0.717, 1.165) is 11.1 Å². The zero-order valence-electron chi connectivity index (χ0n) is 14.3. The van der Waals surface area contributed by atoms with Crippen LogP contribution >= 0.6 is 23.2 Å². The van der Waals surface area contributed by atoms with Crippen molar-refractivity contribution in [1.82, 2.24) is 4.57 Å². The summed E-state index contributed by atoms with van der Waals surface area (Å²) in [6, 6.07) is 13.0. The van der Waals surface area contributed by atoms with Gasteiger partial charge in [0.2, 0.25) is 0 Å². The number of nitro benzene ring substituents is 1. The predicted octanol–water partition coefficient (Wildman–Crippen LogP) is 4.83. The molecule has 0 radical (unpaired) electrons. The molecule has 27 heavy (non-hydrogen) atoms. The average molecular weight is 404 g/mol. The van der Waals surface area contributed by atoms with Crippen LogP contribution in [0.4, 0.5) is 5.69 Å². The van der Waals surface area contributed by atoms with Gasteiger partial charge in [-0.1, -0.05) is 29.3 Å². The third kappa shape index (κ3) is 3.82. The molecule has 0 atom stereocenters. The maximum atomic E-state index is 11.8. The van der Waals surface area contributed by atoms with E-state index in [-0.39, 0.29) is 5.69 Å². The summed E-state index contributed by atoms with van der Waals surface area (Å²) in [5.41, 5.74) is 8.80. The van der Waals surface area contributed by atoms with Crippen LogP contribution in [0.1, 0.15) is 21.6 Å². The maximum absolute atomic E-state index is 11.8. The maximum Gasteiger partial charge on any atom is 0.269 e. The van der Waals surface area contributed by atoms with E-state index in [0.29, 0.717) is 33.5 Å². The molecular weight excluding hydrogens is 389 g/mol. The fourth-order valence-electron chi connectivity index (χ4n) is 2.91. The van der Waals surface area contributed by atoms with Crippen LogP contribution in [-0.4, -0.2) is 15.4 Å². The number of primary amides is 1. The van der Waals surface area contributed by atoms with Gasteiger partial charge in [0.15, 0.2) is 0 Å². The Morgan fingerprint density at radius 3 is 2.37 bits per heavy atom. The van der Waals surface area contributed by atoms with Crippen LogP contribution in [0.2, 0.25) is 10.0 Å². The molecule has 0 saturated carbocycles. The minimum atomic E-state index is -0.545. The van der Waals surface area contributed by atoms with Crippen molar-refractivity contribution < 1.29 is 9.72 Å². The molecule has 1 amide bonds. The highest BCUT2D eigenvalue weighted by molar-refractivity contribution is 6.35. The van der Waals surface area contributed by atoms with Gasteiger partial charge in [-0.3, -0.25) is 14.9 Å². The number of nitrogens with two attached hydrogens (primary N) is 1. The number of halogens is 2. The van der Waals surface area contributed by atoms with Crippen molar-refractivity contribution in [3.05, 3.63) is 85.5 Å². The van der Waals surface area contributed by atoms with Crippen LogP contribution in [0.5, 0.6) is 0 Å². The number of aromatic nitrogens is 1. The third-order valence-corrected chi connectivity index (χ3v) is 4.94. The first-order chi connectivity index (χ1) is 12.8. The first-order valence-corrected chi connectivity index (χ1v) is 8.72. The molecule has 0 spiro atoms. The molecule has 0 saturated heterocycles. The van der Waals surface area contributed by atoms with Gasteiger partial charge in [0.25, 0.3) is 11.6 Å². The number of amides is 1. The van der Waals surface area contributed by atoms with E-state index < -0.39 is 10.8 Å². The molecule has 1 heterocycles. The van der Waals surface area contributed by atoms with Gasteiger partial charge in [0.1, 0.15) is 0 Å². The molecule has 8 heteroatoms. The standard InChI is InChI=1S/C19H15Cl2N3O3/c1-11-16(19(22)25)9-18(12-3-6-15(7-4-12)24(26)27)23(11)10-13-2-5-14(20)8-17(13)21/h2-9H,10H2,1H3,(H2,22,25). The zero-order valence-corrected chi connectivity index (χ0v) is 15.8. The van der Waals surface area contributed by atoms with Gasteiger partial charge in [0, 0.05) is 40.1 Å². The van der Waals surface area contributed by atoms with Crippen LogP contribution < -0.4 is 5.73 Å². The lowest BCUT2D eigenvalue weighted by Crippen LogP contribution is -2.12. The molecule has 138 valence electrons. The molecule has 1 aromatic heterocycles. The van der Waals surface area contributed by atoms with E-state index in [2.05, 4.69) is 0 Å². The summed E-state index contributed by atoms with van der Waals surface area (Å²) in [4.78, 5) is 22.2. The van der Waals surface area contributed by atoms with Crippen LogP contribution in [0, 0.1) is 17.0 Å². The molecule has 2 N–H and O–H groups in total. The van der Waals surface area contributed by atoms with Gasteiger partial charge in [-0.2, -0.15) is 0 Å². The fourth-order valence-corrected chi connectivity index (χ4v) is 3.38. The van der Waals surface area contributed by atoms with Crippen molar-refractivity contribution in [3.8, 4) is 11.3 Å². The monoisotopic (exact) mass is 403 g/mol. The van der Waals surface area contributed by atoms with E-state index >= 15 is 0 Å². The summed E-state index contributed by atoms with van der Waals surface area (Å²) in [5.74, 6) is -0.545. The first kappa shape index (κ1) is 18.9. The Labute approximate surface area is 165 Å². The van der Waals surface area contributed by atoms with E-state index in [1.54, 1.807) is 37.3 Å². The minimum Gasteiger partial charge on any atom is -0.366 e. The number of nitro groups is 1. The molecule has 0 aliphatic rings. The van der Waals surface area contributed by atoms with Crippen molar-refractivity contribution in [3.63, 3.8) is 0 Å². The number of carbonyl (C=O) groups is 1. The quantitative estimate of drug-likeness (QED) is 0.488. The fraction of sp³-hybridized carbons (Fsp3) is 0.105. The van der Waals surface area contributed by atoms with Gasteiger partial charge in [0.05, 0.1) is 10.5 Å². The summed E-state index contributed by atoms with van der Waals surface area (Å²) in [6.45, 7) is 2.18. The van der Waals surface area contributed by atoms with E-state index in [1.807, 2.05) is 10.6 Å². The third-order valence-electron chi connectivity index (χ3n) is 4.35. The number of rotatable bonds is 5. The van der Waals surface area contributed by atoms with Crippen molar-refractivity contribution in [1.29, 1.82) is 0 Å². The Morgan fingerprint density at radius 2 is 1.81 bits per heavy atom. The van der Waals surface area contributed by atoms with Gasteiger partial charge in [-0.05, 0) is 48.4 Å². The molecule has 0 aliphatic carbocycles. The number of nitrogens with zero attached hydrogens (tertiary/aromatic N) is 2. The highest BCUT2D eigenvalue weighted by Crippen LogP contribution is 2.30. The second-order valence-corrected chi connectivity index (χ2v) is 6.86. The largest absolute Gasteiger partial charge is 0.366 e. The lowest BCUT2D eigenvalue weighted by molar-refractivity contribution is -0.384. The normalized spacial score (nSPS) is 10.8. The summed E-state index contributed by atoms with van der Waals surface area (Å²) in [5, 5.41) is 11.9. The second kappa shape index (κ2) is 7.42. The van der Waals surface area contributed by atoms with Crippen molar-refractivity contribution >= 4 is 34.8 Å². The van der Waals surface area contributed by atoms with E-state index in [9.17, 15) is 14.9 Å². The van der Waals surface area contributed by atoms with E-state index in [4.69, 9.17) is 28.9 Å². The predicted molar refractivity (Wildman–Crippen MR) is 105 cm³/mol. The lowest BCUT2D eigenvalue weighted by Gasteiger charge is -2.13. The zero-order chi connectivity index (χ0) is 19.7.